The molecule has 1 aliphatic heterocycles. The zero-order valence-electron chi connectivity index (χ0n) is 26.7. The summed E-state index contributed by atoms with van der Waals surface area (Å²) in [5, 5.41) is 3.17. The van der Waals surface area contributed by atoms with Gasteiger partial charge in [0.05, 0.1) is 26.9 Å². The number of carbonyl (C=O) groups excluding carboxylic acids is 2. The fraction of sp³-hybridized carbons (Fsp3) is 0.471. The molecule has 2 heterocycles. The van der Waals surface area contributed by atoms with Crippen LogP contribution >= 0.6 is 0 Å². The second kappa shape index (κ2) is 15.0. The second-order valence-corrected chi connectivity index (χ2v) is 11.2. The van der Waals surface area contributed by atoms with Gasteiger partial charge >= 0.3 is 5.97 Å². The molecule has 0 spiro atoms. The first-order valence-corrected chi connectivity index (χ1v) is 15.3. The zero-order valence-corrected chi connectivity index (χ0v) is 26.7. The van der Waals surface area contributed by atoms with Crippen LogP contribution in [0.5, 0.6) is 23.0 Å². The third kappa shape index (κ3) is 8.25. The molecule has 1 amide bonds. The number of carbonyl (C=O) groups is 2. The van der Waals surface area contributed by atoms with Gasteiger partial charge in [-0.15, -0.1) is 0 Å². The summed E-state index contributed by atoms with van der Waals surface area (Å²) in [6, 6.07) is 13.1. The fourth-order valence-electron chi connectivity index (χ4n) is 5.28. The number of piperidine rings is 1. The van der Waals surface area contributed by atoms with Crippen LogP contribution in [0.1, 0.15) is 63.4 Å². The van der Waals surface area contributed by atoms with Gasteiger partial charge < -0.3 is 33.6 Å². The molecule has 2 aromatic carbocycles. The number of benzene rings is 2. The van der Waals surface area contributed by atoms with E-state index < -0.39 is 11.6 Å². The maximum Gasteiger partial charge on any atom is 0.349 e. The third-order valence-corrected chi connectivity index (χ3v) is 7.41. The highest BCUT2D eigenvalue weighted by Crippen LogP contribution is 2.35. The number of nitrogens with one attached hydrogen (secondary N) is 1. The van der Waals surface area contributed by atoms with Crippen LogP contribution in [0.4, 0.5) is 0 Å². The number of hydrogen-bond donors (Lipinski definition) is 1. The van der Waals surface area contributed by atoms with Crippen LogP contribution in [-0.2, 0) is 16.1 Å². The molecule has 10 heteroatoms. The molecule has 1 N–H and O–H groups in total. The highest BCUT2D eigenvalue weighted by Gasteiger charge is 2.32. The third-order valence-electron chi connectivity index (χ3n) is 7.41. The van der Waals surface area contributed by atoms with Crippen LogP contribution in [0.2, 0.25) is 0 Å². The summed E-state index contributed by atoms with van der Waals surface area (Å²) >= 11 is 0. The molecule has 3 aromatic rings. The Balaban J connectivity index is 1.40. The van der Waals surface area contributed by atoms with Gasteiger partial charge in [-0.3, -0.25) is 9.69 Å². The summed E-state index contributed by atoms with van der Waals surface area (Å²) in [6.07, 6.45) is 5.60. The van der Waals surface area contributed by atoms with Crippen molar-refractivity contribution in [3.8, 4) is 28.7 Å². The summed E-state index contributed by atoms with van der Waals surface area (Å²) in [4.78, 5) is 28.0. The molecular weight excluding hydrogens is 562 g/mol. The van der Waals surface area contributed by atoms with E-state index in [1.165, 1.54) is 7.11 Å². The summed E-state index contributed by atoms with van der Waals surface area (Å²) in [7, 11) is 1.52. The number of amides is 1. The maximum atomic E-state index is 13.3. The normalized spacial score (nSPS) is 14.1. The largest absolute Gasteiger partial charge is 0.497 e. The van der Waals surface area contributed by atoms with E-state index in [4.69, 9.17) is 23.7 Å². The van der Waals surface area contributed by atoms with Crippen molar-refractivity contribution in [1.82, 2.24) is 14.8 Å². The van der Waals surface area contributed by atoms with E-state index in [1.54, 1.807) is 39.0 Å². The minimum absolute atomic E-state index is 0.0272. The Kier molecular flexibility index (Phi) is 11.2. The highest BCUT2D eigenvalue weighted by molar-refractivity contribution is 5.95. The van der Waals surface area contributed by atoms with E-state index in [-0.39, 0.29) is 18.6 Å². The lowest BCUT2D eigenvalue weighted by molar-refractivity contribution is -0.158. The smallest absolute Gasteiger partial charge is 0.349 e. The molecule has 0 unspecified atom stereocenters. The molecule has 10 nitrogen and oxygen atoms in total. The molecule has 0 saturated carbocycles. The van der Waals surface area contributed by atoms with E-state index in [1.807, 2.05) is 42.9 Å². The number of nitrogens with zero attached hydrogens (tertiary/aromatic N) is 2. The van der Waals surface area contributed by atoms with Crippen molar-refractivity contribution >= 4 is 11.9 Å². The average Bonchev–Trinajstić information content (AvgIpc) is 3.53. The number of aromatic nitrogens is 1. The molecule has 44 heavy (non-hydrogen) atoms. The Bertz CT molecular complexity index is 1370. The van der Waals surface area contributed by atoms with Gasteiger partial charge in [-0.05, 0) is 89.4 Å². The zero-order chi connectivity index (χ0) is 31.7. The monoisotopic (exact) mass is 607 g/mol. The summed E-state index contributed by atoms with van der Waals surface area (Å²) < 4.78 is 30.6. The van der Waals surface area contributed by atoms with E-state index in [0.29, 0.717) is 30.3 Å². The minimum atomic E-state index is -1.22. The highest BCUT2D eigenvalue weighted by atomic mass is 16.6. The first kappa shape index (κ1) is 32.7. The molecule has 1 aliphatic rings. The van der Waals surface area contributed by atoms with Crippen molar-refractivity contribution in [2.45, 2.75) is 65.6 Å². The Morgan fingerprint density at radius 2 is 1.50 bits per heavy atom. The Morgan fingerprint density at radius 1 is 0.886 bits per heavy atom. The molecular formula is C34H45N3O7. The number of likely N-dealkylation sites (tertiary alicyclic amines) is 1. The number of rotatable bonds is 14. The van der Waals surface area contributed by atoms with Gasteiger partial charge in [-0.1, -0.05) is 0 Å². The summed E-state index contributed by atoms with van der Waals surface area (Å²) in [5.74, 6) is 1.69. The predicted octanol–water partition coefficient (Wildman–Crippen LogP) is 5.40. The Labute approximate surface area is 260 Å². The van der Waals surface area contributed by atoms with Crippen molar-refractivity contribution in [3.63, 3.8) is 0 Å². The van der Waals surface area contributed by atoms with Crippen molar-refractivity contribution < 1.29 is 33.3 Å². The van der Waals surface area contributed by atoms with Gasteiger partial charge in [0.1, 0.15) is 28.7 Å². The molecule has 4 rings (SSSR count). The molecule has 238 valence electrons. The van der Waals surface area contributed by atoms with Gasteiger partial charge in [0.25, 0.3) is 5.91 Å². The number of methoxy groups -OCH3 is 1. The van der Waals surface area contributed by atoms with Gasteiger partial charge in [0.15, 0.2) is 5.60 Å². The van der Waals surface area contributed by atoms with Crippen LogP contribution in [0.15, 0.2) is 54.9 Å². The maximum absolute atomic E-state index is 13.3. The van der Waals surface area contributed by atoms with E-state index in [9.17, 15) is 9.59 Å². The van der Waals surface area contributed by atoms with Gasteiger partial charge in [-0.25, -0.2) is 4.79 Å². The SMILES string of the molecule is CCOC(=O)C(C)(C)Oc1cc(OC)cc(C(=O)NC2CCN(Cc3cc(OCC)c(-n4cccc4)c(OCC)c3)CC2)c1. The molecule has 0 aliphatic carbocycles. The fourth-order valence-corrected chi connectivity index (χ4v) is 5.28. The first-order chi connectivity index (χ1) is 21.2. The number of hydrogen-bond acceptors (Lipinski definition) is 8. The van der Waals surface area contributed by atoms with Gasteiger partial charge in [0.2, 0.25) is 0 Å². The van der Waals surface area contributed by atoms with Crippen LogP contribution in [0, 0.1) is 0 Å². The standard InChI is InChI=1S/C34H45N3O7/c1-7-41-29-18-24(19-30(42-8-2)31(29)37-14-10-11-15-37)23-36-16-12-26(13-17-36)35-32(38)25-20-27(40-6)22-28(21-25)44-34(4,5)33(39)43-9-3/h10-11,14-15,18-22,26H,7-9,12-13,16-17,23H2,1-6H3,(H,35,38). The van der Waals surface area contributed by atoms with E-state index in [2.05, 4.69) is 22.3 Å². The molecule has 1 saturated heterocycles. The summed E-state index contributed by atoms with van der Waals surface area (Å²) in [6.45, 7) is 12.7. The quantitative estimate of drug-likeness (QED) is 0.243. The molecule has 0 radical (unpaired) electrons. The van der Waals surface area contributed by atoms with Gasteiger partial charge in [-0.2, -0.15) is 0 Å². The van der Waals surface area contributed by atoms with E-state index in [0.717, 1.165) is 55.2 Å². The lowest BCUT2D eigenvalue weighted by atomic mass is 10.0. The molecule has 0 bridgehead atoms. The van der Waals surface area contributed by atoms with Crippen LogP contribution in [-0.4, -0.2) is 73.0 Å². The lowest BCUT2D eigenvalue weighted by Crippen LogP contribution is -2.44. The van der Waals surface area contributed by atoms with Crippen molar-refractivity contribution in [3.05, 3.63) is 66.0 Å². The predicted molar refractivity (Wildman–Crippen MR) is 168 cm³/mol. The number of ether oxygens (including phenoxy) is 5. The Hall–Kier alpha value is -4.18. The minimum Gasteiger partial charge on any atom is -0.497 e. The topological polar surface area (TPSA) is 100 Å². The Morgan fingerprint density at radius 3 is 2.07 bits per heavy atom. The first-order valence-electron chi connectivity index (χ1n) is 15.3. The van der Waals surface area contributed by atoms with Crippen molar-refractivity contribution in [2.24, 2.45) is 0 Å². The molecule has 1 fully saturated rings. The summed E-state index contributed by atoms with van der Waals surface area (Å²) in [5.41, 5.74) is 1.19. The van der Waals surface area contributed by atoms with Crippen LogP contribution in [0.3, 0.4) is 0 Å². The lowest BCUT2D eigenvalue weighted by Gasteiger charge is -2.32. The van der Waals surface area contributed by atoms with Crippen LogP contribution < -0.4 is 24.3 Å². The van der Waals surface area contributed by atoms with E-state index >= 15 is 0 Å². The molecule has 0 atom stereocenters. The second-order valence-electron chi connectivity index (χ2n) is 11.2. The van der Waals surface area contributed by atoms with Crippen LogP contribution in [0.25, 0.3) is 5.69 Å². The van der Waals surface area contributed by atoms with Gasteiger partial charge in [0, 0.05) is 49.7 Å². The molecule has 1 aromatic heterocycles. The van der Waals surface area contributed by atoms with Crippen molar-refractivity contribution in [1.29, 1.82) is 0 Å². The number of esters is 1. The van der Waals surface area contributed by atoms with Crippen molar-refractivity contribution in [2.75, 3.05) is 40.0 Å². The average molecular weight is 608 g/mol.